The monoisotopic (exact) mass is 384 g/mol. The Hall–Kier alpha value is -1.95. The van der Waals surface area contributed by atoms with Crippen LogP contribution in [-0.4, -0.2) is 32.0 Å². The number of hydrogen-bond donors (Lipinski definition) is 0. The molecular formula is C20H21ClN2O2Si. The minimum absolute atomic E-state index is 0.320. The molecule has 0 amide bonds. The van der Waals surface area contributed by atoms with Crippen molar-refractivity contribution in [1.29, 1.82) is 0 Å². The zero-order valence-corrected chi connectivity index (χ0v) is 16.7. The number of ether oxygens (including phenoxy) is 1. The van der Waals surface area contributed by atoms with Gasteiger partial charge < -0.3 is 4.74 Å². The summed E-state index contributed by atoms with van der Waals surface area (Å²) in [5.41, 5.74) is 5.58. The van der Waals surface area contributed by atoms with Gasteiger partial charge in [0.15, 0.2) is 12.1 Å². The van der Waals surface area contributed by atoms with Crippen LogP contribution in [-0.2, 0) is 17.5 Å². The molecular weight excluding hydrogens is 364 g/mol. The van der Waals surface area contributed by atoms with E-state index in [0.29, 0.717) is 29.7 Å². The first-order chi connectivity index (χ1) is 12.6. The van der Waals surface area contributed by atoms with Gasteiger partial charge in [0.1, 0.15) is 6.73 Å². The van der Waals surface area contributed by atoms with E-state index in [1.807, 2.05) is 6.07 Å². The lowest BCUT2D eigenvalue weighted by Crippen LogP contribution is -2.09. The number of rotatable bonds is 8. The minimum Gasteiger partial charge on any atom is -0.361 e. The van der Waals surface area contributed by atoms with Gasteiger partial charge in [0.25, 0.3) is 0 Å². The van der Waals surface area contributed by atoms with Crippen molar-refractivity contribution in [3.05, 3.63) is 63.9 Å². The number of carbonyl (C=O) groups is 1. The average molecular weight is 385 g/mol. The van der Waals surface area contributed by atoms with Crippen LogP contribution in [0.5, 0.6) is 0 Å². The molecule has 4 nitrogen and oxygen atoms in total. The normalized spacial score (nSPS) is 11.2. The average Bonchev–Trinajstić information content (AvgIpc) is 2.94. The Morgan fingerprint density at radius 3 is 2.69 bits per heavy atom. The van der Waals surface area contributed by atoms with Crippen molar-refractivity contribution in [2.24, 2.45) is 0 Å². The first-order valence-corrected chi connectivity index (χ1v) is 10.3. The van der Waals surface area contributed by atoms with Crippen LogP contribution in [0.25, 0.3) is 11.0 Å². The molecule has 3 rings (SSSR count). The molecule has 0 aliphatic heterocycles. The summed E-state index contributed by atoms with van der Waals surface area (Å²) >= 11 is 5.99. The van der Waals surface area contributed by atoms with Crippen LogP contribution in [0.3, 0.4) is 0 Å². The number of nitrogens with zero attached hydrogens (tertiary/aromatic N) is 2. The highest BCUT2D eigenvalue weighted by Gasteiger charge is 2.10. The molecule has 2 radical (unpaired) electrons. The number of aromatic nitrogens is 2. The summed E-state index contributed by atoms with van der Waals surface area (Å²) in [6, 6.07) is 14.2. The fraction of sp³-hybridized carbons (Fsp3) is 0.300. The lowest BCUT2D eigenvalue weighted by atomic mass is 10.1. The Labute approximate surface area is 161 Å². The van der Waals surface area contributed by atoms with Crippen molar-refractivity contribution < 1.29 is 9.53 Å². The lowest BCUT2D eigenvalue weighted by molar-refractivity contribution is 0.0861. The van der Waals surface area contributed by atoms with Crippen LogP contribution in [0.2, 0.25) is 11.1 Å². The highest BCUT2D eigenvalue weighted by molar-refractivity contribution is 6.35. The fourth-order valence-electron chi connectivity index (χ4n) is 3.05. The zero-order valence-electron chi connectivity index (χ0n) is 15.0. The summed E-state index contributed by atoms with van der Waals surface area (Å²) in [6.07, 6.45) is 0.749. The van der Waals surface area contributed by atoms with E-state index in [1.54, 1.807) is 16.7 Å². The number of aryl methyl sites for hydroxylation is 2. The van der Waals surface area contributed by atoms with E-state index < -0.39 is 0 Å². The summed E-state index contributed by atoms with van der Waals surface area (Å²) in [6.45, 7) is 5.25. The van der Waals surface area contributed by atoms with Crippen LogP contribution in [0.15, 0.2) is 36.4 Å². The Morgan fingerprint density at radius 2 is 1.96 bits per heavy atom. The van der Waals surface area contributed by atoms with Crippen LogP contribution >= 0.6 is 11.6 Å². The topological polar surface area (TPSA) is 44.1 Å². The molecule has 134 valence electrons. The van der Waals surface area contributed by atoms with E-state index in [2.05, 4.69) is 37.0 Å². The molecule has 0 N–H and O–H groups in total. The van der Waals surface area contributed by atoms with Crippen molar-refractivity contribution in [2.45, 2.75) is 32.7 Å². The molecule has 6 heteroatoms. The maximum Gasteiger partial charge on any atom is 0.185 e. The van der Waals surface area contributed by atoms with Gasteiger partial charge >= 0.3 is 0 Å². The van der Waals surface area contributed by atoms with Gasteiger partial charge in [-0.3, -0.25) is 9.36 Å². The third-order valence-corrected chi connectivity index (χ3v) is 5.55. The van der Waals surface area contributed by atoms with Crippen LogP contribution in [0.1, 0.15) is 27.3 Å². The third kappa shape index (κ3) is 4.61. The molecule has 0 aliphatic carbocycles. The number of benzene rings is 2. The Kier molecular flexibility index (Phi) is 6.24. The molecule has 0 atom stereocenters. The second-order valence-corrected chi connectivity index (χ2v) is 8.15. The van der Waals surface area contributed by atoms with Crippen molar-refractivity contribution in [2.75, 3.05) is 6.61 Å². The molecule has 3 aromatic rings. The first-order valence-electron chi connectivity index (χ1n) is 8.53. The highest BCUT2D eigenvalue weighted by atomic mass is 35.5. The lowest BCUT2D eigenvalue weighted by Gasteiger charge is -2.08. The zero-order chi connectivity index (χ0) is 18.5. The second kappa shape index (κ2) is 8.62. The van der Waals surface area contributed by atoms with Crippen LogP contribution < -0.4 is 0 Å². The van der Waals surface area contributed by atoms with Gasteiger partial charge in [-0.05, 0) is 44.1 Å². The van der Waals surface area contributed by atoms with Crippen LogP contribution in [0.4, 0.5) is 0 Å². The van der Waals surface area contributed by atoms with Gasteiger partial charge in [-0.25, -0.2) is 4.98 Å². The van der Waals surface area contributed by atoms with Gasteiger partial charge in [0, 0.05) is 21.1 Å². The molecule has 0 saturated carbocycles. The third-order valence-electron chi connectivity index (χ3n) is 4.10. The molecule has 0 fully saturated rings. The summed E-state index contributed by atoms with van der Waals surface area (Å²) in [7, 11) is 0.818. The molecule has 0 unspecified atom stereocenters. The molecule has 2 aromatic carbocycles. The van der Waals surface area contributed by atoms with Gasteiger partial charge in [0.2, 0.25) is 0 Å². The summed E-state index contributed by atoms with van der Waals surface area (Å²) in [5, 5.41) is 0.605. The van der Waals surface area contributed by atoms with Gasteiger partial charge in [-0.1, -0.05) is 46.5 Å². The van der Waals surface area contributed by atoms with E-state index >= 15 is 0 Å². The van der Waals surface area contributed by atoms with E-state index in [9.17, 15) is 4.79 Å². The number of aldehydes is 1. The summed E-state index contributed by atoms with van der Waals surface area (Å²) < 4.78 is 7.57. The van der Waals surface area contributed by atoms with E-state index in [1.165, 1.54) is 16.7 Å². The van der Waals surface area contributed by atoms with E-state index in [4.69, 9.17) is 16.3 Å². The summed E-state index contributed by atoms with van der Waals surface area (Å²) in [4.78, 5) is 15.6. The molecule has 26 heavy (non-hydrogen) atoms. The minimum atomic E-state index is 0.320. The molecule has 1 aromatic heterocycles. The van der Waals surface area contributed by atoms with E-state index in [-0.39, 0.29) is 0 Å². The van der Waals surface area contributed by atoms with Gasteiger partial charge in [-0.15, -0.1) is 0 Å². The van der Waals surface area contributed by atoms with Crippen molar-refractivity contribution in [3.63, 3.8) is 0 Å². The second-order valence-electron chi connectivity index (χ2n) is 6.36. The van der Waals surface area contributed by atoms with E-state index in [0.717, 1.165) is 33.4 Å². The standard InChI is InChI=1S/C20H21ClN2O2Si/c1-14-7-15(2)9-16(8-14)12-26-6-5-25-13-23-19-4-3-17(21)10-18(19)22-20(23)11-24/h3-4,7-11H,5-6,12-13H2,1-2H3. The van der Waals surface area contributed by atoms with Crippen molar-refractivity contribution in [3.8, 4) is 0 Å². The fourth-order valence-corrected chi connectivity index (χ4v) is 4.18. The largest absolute Gasteiger partial charge is 0.361 e. The Balaban J connectivity index is 1.51. The van der Waals surface area contributed by atoms with Crippen molar-refractivity contribution >= 4 is 38.4 Å². The molecule has 1 heterocycles. The Bertz CT molecular complexity index is 903. The van der Waals surface area contributed by atoms with Crippen LogP contribution in [0, 0.1) is 13.8 Å². The Morgan fingerprint density at radius 1 is 1.19 bits per heavy atom. The van der Waals surface area contributed by atoms with Crippen molar-refractivity contribution in [1.82, 2.24) is 9.55 Å². The number of fused-ring (bicyclic) bond motifs is 1. The predicted octanol–water partition coefficient (Wildman–Crippen LogP) is 4.42. The molecule has 0 bridgehead atoms. The predicted molar refractivity (Wildman–Crippen MR) is 106 cm³/mol. The maximum absolute atomic E-state index is 11.3. The van der Waals surface area contributed by atoms with Gasteiger partial charge in [0.05, 0.1) is 11.0 Å². The number of carbonyl (C=O) groups excluding carboxylic acids is 1. The first kappa shape index (κ1) is 18.8. The number of hydrogen-bond acceptors (Lipinski definition) is 3. The number of halogens is 1. The molecule has 0 spiro atoms. The SMILES string of the molecule is Cc1cc(C)cc(C[Si]CCOCn2c(C=O)nc3cc(Cl)ccc32)c1. The smallest absolute Gasteiger partial charge is 0.185 e. The number of imidazole rings is 1. The maximum atomic E-state index is 11.3. The molecule has 0 saturated heterocycles. The molecule has 0 aliphatic rings. The quantitative estimate of drug-likeness (QED) is 0.328. The highest BCUT2D eigenvalue weighted by Crippen LogP contribution is 2.20. The van der Waals surface area contributed by atoms with Gasteiger partial charge in [-0.2, -0.15) is 0 Å². The summed E-state index contributed by atoms with van der Waals surface area (Å²) in [5.74, 6) is 0.361.